The molecular weight excluding hydrogens is 339 g/mol. The fourth-order valence-electron chi connectivity index (χ4n) is 2.37. The monoisotopic (exact) mass is 356 g/mol. The molecule has 0 bridgehead atoms. The molecule has 0 radical (unpaired) electrons. The molecule has 134 valence electrons. The number of nitrogens with one attached hydrogen (secondary N) is 1. The van der Waals surface area contributed by atoms with Crippen LogP contribution in [0.5, 0.6) is 11.5 Å². The molecule has 7 heteroatoms. The van der Waals surface area contributed by atoms with Crippen LogP contribution in [0, 0.1) is 5.82 Å². The van der Waals surface area contributed by atoms with Gasteiger partial charge in [0.15, 0.2) is 11.5 Å². The highest BCUT2D eigenvalue weighted by molar-refractivity contribution is 5.97. The normalized spacial score (nSPS) is 12.2. The molecule has 0 spiro atoms. The van der Waals surface area contributed by atoms with Gasteiger partial charge in [-0.05, 0) is 42.0 Å². The van der Waals surface area contributed by atoms with Gasteiger partial charge in [-0.3, -0.25) is 9.59 Å². The average Bonchev–Trinajstić information content (AvgIpc) is 3.07. The number of fused-ring (bicyclic) bond motifs is 1. The van der Waals surface area contributed by atoms with E-state index in [-0.39, 0.29) is 19.2 Å². The lowest BCUT2D eigenvalue weighted by Gasteiger charge is -2.14. The first-order valence-corrected chi connectivity index (χ1v) is 7.89. The lowest BCUT2D eigenvalue weighted by atomic mass is 10.2. The fraction of sp³-hybridized carbons (Fsp3) is 0.158. The smallest absolute Gasteiger partial charge is 0.246 e. The maximum atomic E-state index is 13.1. The van der Waals surface area contributed by atoms with Gasteiger partial charge in [-0.1, -0.05) is 12.1 Å². The van der Waals surface area contributed by atoms with Gasteiger partial charge in [0.25, 0.3) is 0 Å². The average molecular weight is 356 g/mol. The minimum Gasteiger partial charge on any atom is -0.454 e. The van der Waals surface area contributed by atoms with E-state index in [0.717, 1.165) is 5.56 Å². The Morgan fingerprint density at radius 3 is 2.81 bits per heavy atom. The number of nitrogens with zero attached hydrogens (tertiary/aromatic N) is 1. The van der Waals surface area contributed by atoms with Gasteiger partial charge in [0.1, 0.15) is 5.82 Å². The molecule has 1 heterocycles. The zero-order chi connectivity index (χ0) is 18.5. The summed E-state index contributed by atoms with van der Waals surface area (Å²) in [6.45, 7) is 0.0332. The number of anilines is 1. The summed E-state index contributed by atoms with van der Waals surface area (Å²) in [7, 11) is 1.51. The van der Waals surface area contributed by atoms with Crippen LogP contribution < -0.4 is 14.8 Å². The third-order valence-electron chi connectivity index (χ3n) is 3.68. The molecule has 0 aliphatic carbocycles. The largest absolute Gasteiger partial charge is 0.454 e. The van der Waals surface area contributed by atoms with Crippen LogP contribution in [-0.4, -0.2) is 37.1 Å². The zero-order valence-electron chi connectivity index (χ0n) is 14.1. The first-order valence-electron chi connectivity index (χ1n) is 7.89. The second-order valence-corrected chi connectivity index (χ2v) is 5.70. The Bertz CT molecular complexity index is 866. The first kappa shape index (κ1) is 17.5. The Balaban J connectivity index is 1.54. The topological polar surface area (TPSA) is 67.9 Å². The Kier molecular flexibility index (Phi) is 5.17. The zero-order valence-corrected chi connectivity index (χ0v) is 14.1. The second kappa shape index (κ2) is 7.69. The SMILES string of the molecule is CN(CC(=O)Nc1cccc(F)c1)C(=O)/C=C/c1ccc2c(c1)OCO2. The molecule has 26 heavy (non-hydrogen) atoms. The highest BCUT2D eigenvalue weighted by atomic mass is 19.1. The number of halogens is 1. The van der Waals surface area contributed by atoms with Crippen molar-refractivity contribution in [3.63, 3.8) is 0 Å². The van der Waals surface area contributed by atoms with E-state index >= 15 is 0 Å². The molecule has 2 aromatic carbocycles. The molecule has 1 aliphatic rings. The molecule has 0 unspecified atom stereocenters. The first-order chi connectivity index (χ1) is 12.5. The third kappa shape index (κ3) is 4.38. The maximum Gasteiger partial charge on any atom is 0.246 e. The summed E-state index contributed by atoms with van der Waals surface area (Å²) in [6, 6.07) is 10.9. The highest BCUT2D eigenvalue weighted by Gasteiger charge is 2.13. The van der Waals surface area contributed by atoms with Crippen molar-refractivity contribution in [2.45, 2.75) is 0 Å². The Morgan fingerprint density at radius 2 is 2.00 bits per heavy atom. The molecule has 6 nitrogen and oxygen atoms in total. The minimum absolute atomic E-state index is 0.152. The Hall–Kier alpha value is -3.35. The standard InChI is InChI=1S/C19H17FN2O4/c1-22(11-18(23)21-15-4-2-3-14(20)10-15)19(24)8-6-13-5-7-16-17(9-13)26-12-25-16/h2-10H,11-12H2,1H3,(H,21,23)/b8-6+. The summed E-state index contributed by atoms with van der Waals surface area (Å²) in [5.41, 5.74) is 1.12. The molecule has 3 rings (SSSR count). The van der Waals surface area contributed by atoms with Crippen LogP contribution in [0.4, 0.5) is 10.1 Å². The molecule has 0 atom stereocenters. The van der Waals surface area contributed by atoms with E-state index < -0.39 is 11.7 Å². The number of carbonyl (C=O) groups excluding carboxylic acids is 2. The van der Waals surface area contributed by atoms with Crippen molar-refractivity contribution < 1.29 is 23.5 Å². The van der Waals surface area contributed by atoms with Crippen molar-refractivity contribution in [2.24, 2.45) is 0 Å². The second-order valence-electron chi connectivity index (χ2n) is 5.70. The van der Waals surface area contributed by atoms with Gasteiger partial charge in [-0.2, -0.15) is 0 Å². The van der Waals surface area contributed by atoms with Gasteiger partial charge in [-0.25, -0.2) is 4.39 Å². The van der Waals surface area contributed by atoms with Gasteiger partial charge < -0.3 is 19.7 Å². The Labute approximate surface area is 149 Å². The van der Waals surface area contributed by atoms with E-state index in [1.807, 2.05) is 0 Å². The van der Waals surface area contributed by atoms with Crippen LogP contribution in [0.2, 0.25) is 0 Å². The summed E-state index contributed by atoms with van der Waals surface area (Å²) in [6.07, 6.45) is 3.00. The number of hydrogen-bond acceptors (Lipinski definition) is 4. The van der Waals surface area contributed by atoms with Crippen molar-refractivity contribution in [1.29, 1.82) is 0 Å². The predicted molar refractivity (Wildman–Crippen MR) is 94.3 cm³/mol. The van der Waals surface area contributed by atoms with Crippen LogP contribution in [0.15, 0.2) is 48.5 Å². The van der Waals surface area contributed by atoms with Crippen LogP contribution in [0.1, 0.15) is 5.56 Å². The fourth-order valence-corrected chi connectivity index (χ4v) is 2.37. The van der Waals surface area contributed by atoms with Crippen molar-refractivity contribution in [2.75, 3.05) is 25.7 Å². The van der Waals surface area contributed by atoms with Crippen LogP contribution >= 0.6 is 0 Å². The van der Waals surface area contributed by atoms with E-state index in [0.29, 0.717) is 17.2 Å². The number of likely N-dealkylation sites (N-methyl/N-ethyl adjacent to an activating group) is 1. The van der Waals surface area contributed by atoms with Crippen molar-refractivity contribution in [3.05, 3.63) is 59.9 Å². The van der Waals surface area contributed by atoms with E-state index in [1.54, 1.807) is 30.3 Å². The number of benzene rings is 2. The summed E-state index contributed by atoms with van der Waals surface area (Å²) < 4.78 is 23.6. The number of ether oxygens (including phenoxy) is 2. The molecule has 2 aromatic rings. The van der Waals surface area contributed by atoms with Crippen LogP contribution in [0.25, 0.3) is 6.08 Å². The molecule has 1 N–H and O–H groups in total. The number of rotatable bonds is 5. The van der Waals surface area contributed by atoms with E-state index in [4.69, 9.17) is 9.47 Å². The van der Waals surface area contributed by atoms with Gasteiger partial charge in [0, 0.05) is 18.8 Å². The van der Waals surface area contributed by atoms with E-state index in [9.17, 15) is 14.0 Å². The molecule has 0 aromatic heterocycles. The lowest BCUT2D eigenvalue weighted by molar-refractivity contribution is -0.129. The molecule has 2 amide bonds. The number of hydrogen-bond donors (Lipinski definition) is 1. The van der Waals surface area contributed by atoms with Gasteiger partial charge in [0.05, 0.1) is 6.54 Å². The lowest BCUT2D eigenvalue weighted by Crippen LogP contribution is -2.33. The molecule has 0 saturated heterocycles. The highest BCUT2D eigenvalue weighted by Crippen LogP contribution is 2.32. The quantitative estimate of drug-likeness (QED) is 0.837. The number of carbonyl (C=O) groups is 2. The van der Waals surface area contributed by atoms with Crippen molar-refractivity contribution in [3.8, 4) is 11.5 Å². The summed E-state index contributed by atoms with van der Waals surface area (Å²) in [5, 5.41) is 2.54. The molecule has 0 saturated carbocycles. The van der Waals surface area contributed by atoms with Gasteiger partial charge >= 0.3 is 0 Å². The van der Waals surface area contributed by atoms with Crippen LogP contribution in [0.3, 0.4) is 0 Å². The van der Waals surface area contributed by atoms with Crippen molar-refractivity contribution >= 4 is 23.6 Å². The molecule has 1 aliphatic heterocycles. The van der Waals surface area contributed by atoms with E-state index in [2.05, 4.69) is 5.32 Å². The third-order valence-corrected chi connectivity index (χ3v) is 3.68. The Morgan fingerprint density at radius 1 is 1.19 bits per heavy atom. The minimum atomic E-state index is -0.445. The van der Waals surface area contributed by atoms with E-state index in [1.165, 1.54) is 36.2 Å². The maximum absolute atomic E-state index is 13.1. The van der Waals surface area contributed by atoms with Gasteiger partial charge in [0.2, 0.25) is 18.6 Å². The van der Waals surface area contributed by atoms with Crippen molar-refractivity contribution in [1.82, 2.24) is 4.90 Å². The summed E-state index contributed by atoms with van der Waals surface area (Å²) in [4.78, 5) is 25.4. The summed E-state index contributed by atoms with van der Waals surface area (Å²) >= 11 is 0. The summed E-state index contributed by atoms with van der Waals surface area (Å²) in [5.74, 6) is 0.0981. The molecule has 0 fully saturated rings. The molecular formula is C19H17FN2O4. The van der Waals surface area contributed by atoms with Crippen LogP contribution in [-0.2, 0) is 9.59 Å². The van der Waals surface area contributed by atoms with Gasteiger partial charge in [-0.15, -0.1) is 0 Å². The number of amides is 2. The predicted octanol–water partition coefficient (Wildman–Crippen LogP) is 2.66.